The van der Waals surface area contributed by atoms with E-state index in [1.165, 1.54) is 32.1 Å². The van der Waals surface area contributed by atoms with E-state index < -0.39 is 5.92 Å². The molecule has 3 fully saturated rings. The Kier molecular flexibility index (Phi) is 9.78. The van der Waals surface area contributed by atoms with Crippen LogP contribution in [-0.2, 0) is 17.8 Å². The van der Waals surface area contributed by atoms with Gasteiger partial charge in [0.05, 0.1) is 11.4 Å². The van der Waals surface area contributed by atoms with Gasteiger partial charge in [-0.2, -0.15) is 5.10 Å². The van der Waals surface area contributed by atoms with Crippen LogP contribution in [-0.4, -0.2) is 73.1 Å². The van der Waals surface area contributed by atoms with E-state index in [0.717, 1.165) is 35.9 Å². The molecular weight excluding hydrogens is 622 g/mol. The van der Waals surface area contributed by atoms with Gasteiger partial charge in [-0.25, -0.2) is 9.97 Å². The van der Waals surface area contributed by atoms with Crippen LogP contribution in [0.4, 0.5) is 0 Å². The lowest BCUT2D eigenvalue weighted by atomic mass is 9.63. The summed E-state index contributed by atoms with van der Waals surface area (Å²) in [7, 11) is 0. The van der Waals surface area contributed by atoms with E-state index in [1.54, 1.807) is 12.4 Å². The Morgan fingerprint density at radius 2 is 1.71 bits per heavy atom. The molecule has 3 aliphatic rings. The molecule has 48 heavy (non-hydrogen) atoms. The monoisotopic (exact) mass is 667 g/mol. The lowest BCUT2D eigenvalue weighted by Gasteiger charge is -2.49. The van der Waals surface area contributed by atoms with Gasteiger partial charge >= 0.3 is 0 Å². The Bertz CT molecular complexity index is 1700. The zero-order chi connectivity index (χ0) is 33.1. The van der Waals surface area contributed by atoms with Crippen molar-refractivity contribution in [2.75, 3.05) is 19.6 Å². The Labute approximate surface area is 287 Å². The second-order valence-electron chi connectivity index (χ2n) is 14.3. The van der Waals surface area contributed by atoms with E-state index in [1.807, 2.05) is 70.5 Å². The molecule has 10 heteroatoms. The third-order valence-corrected chi connectivity index (χ3v) is 11.7. The molecule has 0 bridgehead atoms. The van der Waals surface area contributed by atoms with Crippen LogP contribution in [0.5, 0.6) is 0 Å². The lowest BCUT2D eigenvalue weighted by Crippen LogP contribution is -2.58. The average Bonchev–Trinajstić information content (AvgIpc) is 3.64. The number of hydrogen-bond donors (Lipinski definition) is 1. The molecule has 2 N–H and O–H groups in total. The number of hydrogen-bond acceptors (Lipinski definition) is 6. The second kappa shape index (κ2) is 14.3. The summed E-state index contributed by atoms with van der Waals surface area (Å²) in [6, 6.07) is 18.9. The highest BCUT2D eigenvalue weighted by Crippen LogP contribution is 2.47. The summed E-state index contributed by atoms with van der Waals surface area (Å²) in [5.41, 5.74) is 8.89. The predicted octanol–water partition coefficient (Wildman–Crippen LogP) is 6.16. The normalized spacial score (nSPS) is 22.5. The maximum absolute atomic E-state index is 14.8. The van der Waals surface area contributed by atoms with Gasteiger partial charge in [-0.05, 0) is 86.1 Å². The van der Waals surface area contributed by atoms with Gasteiger partial charge in [-0.1, -0.05) is 67.3 Å². The maximum atomic E-state index is 14.8. The molecule has 7 rings (SSSR count). The number of fused-ring (bicyclic) bond motifs is 1. The van der Waals surface area contributed by atoms with Crippen molar-refractivity contribution in [1.82, 2.24) is 29.5 Å². The number of halogens is 1. The fraction of sp³-hybridized carbons (Fsp3) is 0.500. The molecule has 0 radical (unpaired) electrons. The van der Waals surface area contributed by atoms with Crippen LogP contribution < -0.4 is 5.73 Å². The zero-order valence-electron chi connectivity index (χ0n) is 27.6. The molecule has 2 aliphatic heterocycles. The molecule has 252 valence electrons. The molecule has 9 nitrogen and oxygen atoms in total. The van der Waals surface area contributed by atoms with Crippen LogP contribution in [0, 0.1) is 17.3 Å². The van der Waals surface area contributed by atoms with Gasteiger partial charge in [0.15, 0.2) is 0 Å². The van der Waals surface area contributed by atoms with Crippen molar-refractivity contribution >= 4 is 34.3 Å². The number of likely N-dealkylation sites (tertiary alicyclic amines) is 2. The van der Waals surface area contributed by atoms with Crippen LogP contribution in [0.3, 0.4) is 0 Å². The molecule has 0 spiro atoms. The number of piperidine rings is 2. The number of para-hydroxylation sites is 1. The molecule has 2 aromatic carbocycles. The summed E-state index contributed by atoms with van der Waals surface area (Å²) < 4.78 is 1.99. The predicted molar refractivity (Wildman–Crippen MR) is 187 cm³/mol. The number of pyridine rings is 1. The SMILES string of the molecule is NC1CCN(C(=O)c2ccc3ccccc3n2)C([C@@H](Cc2ccc(Cl)cc2)C(=O)N2CCC(Cn3cncn3)(C3CCCCC3)CC2)C1. The van der Waals surface area contributed by atoms with Crippen LogP contribution >= 0.6 is 11.6 Å². The number of nitrogens with two attached hydrogens (primary N) is 1. The van der Waals surface area contributed by atoms with Gasteiger partial charge < -0.3 is 15.5 Å². The molecule has 1 aliphatic carbocycles. The number of rotatable bonds is 8. The summed E-state index contributed by atoms with van der Waals surface area (Å²) in [6.07, 6.45) is 13.4. The molecule has 2 aromatic heterocycles. The number of benzene rings is 2. The Morgan fingerprint density at radius 3 is 2.46 bits per heavy atom. The summed E-state index contributed by atoms with van der Waals surface area (Å²) >= 11 is 6.25. The quantitative estimate of drug-likeness (QED) is 0.241. The molecule has 4 heterocycles. The van der Waals surface area contributed by atoms with E-state index in [4.69, 9.17) is 22.3 Å². The van der Waals surface area contributed by atoms with Crippen molar-refractivity contribution in [3.8, 4) is 0 Å². The maximum Gasteiger partial charge on any atom is 0.272 e. The number of carbonyl (C=O) groups excluding carboxylic acids is 2. The minimum atomic E-state index is -0.445. The first-order valence-electron chi connectivity index (χ1n) is 17.7. The fourth-order valence-electron chi connectivity index (χ4n) is 8.71. The van der Waals surface area contributed by atoms with E-state index in [9.17, 15) is 9.59 Å². The average molecular weight is 668 g/mol. The Balaban J connectivity index is 1.17. The standard InChI is InChI=1S/C38H46ClN7O2/c39-30-13-10-27(11-14-30)22-32(35-23-31(40)16-19-46(35)37(48)34-15-12-28-6-4-5-9-33(28)43-34)36(47)44-20-17-38(18-21-44,24-45-26-41-25-42-45)29-7-2-1-3-8-29/h4-6,9-15,25-26,29,31-32,35H,1-3,7-8,16-24,40H2/t31?,32-,35?/m1/s1. The van der Waals surface area contributed by atoms with Gasteiger partial charge in [0.2, 0.25) is 5.91 Å². The number of aromatic nitrogens is 4. The fourth-order valence-corrected chi connectivity index (χ4v) is 8.83. The van der Waals surface area contributed by atoms with Crippen molar-refractivity contribution < 1.29 is 9.59 Å². The number of carbonyl (C=O) groups is 2. The first-order chi connectivity index (χ1) is 23.4. The number of nitrogens with zero attached hydrogens (tertiary/aromatic N) is 6. The van der Waals surface area contributed by atoms with Gasteiger partial charge in [0, 0.05) is 48.7 Å². The topological polar surface area (TPSA) is 110 Å². The van der Waals surface area contributed by atoms with Gasteiger partial charge in [-0.15, -0.1) is 0 Å². The first kappa shape index (κ1) is 32.7. The van der Waals surface area contributed by atoms with Crippen LogP contribution in [0.1, 0.15) is 73.8 Å². The van der Waals surface area contributed by atoms with E-state index >= 15 is 0 Å². The highest BCUT2D eigenvalue weighted by Gasteiger charge is 2.46. The highest BCUT2D eigenvalue weighted by atomic mass is 35.5. The zero-order valence-corrected chi connectivity index (χ0v) is 28.3. The molecule has 4 aromatic rings. The molecular formula is C38H46ClN7O2. The van der Waals surface area contributed by atoms with E-state index in [2.05, 4.69) is 15.0 Å². The molecule has 1 saturated carbocycles. The lowest BCUT2D eigenvalue weighted by molar-refractivity contribution is -0.141. The van der Waals surface area contributed by atoms with Crippen molar-refractivity contribution in [3.05, 3.63) is 89.6 Å². The van der Waals surface area contributed by atoms with Crippen molar-refractivity contribution in [3.63, 3.8) is 0 Å². The molecule has 2 amide bonds. The third-order valence-electron chi connectivity index (χ3n) is 11.4. The largest absolute Gasteiger partial charge is 0.342 e. The van der Waals surface area contributed by atoms with Gasteiger partial charge in [-0.3, -0.25) is 14.3 Å². The van der Waals surface area contributed by atoms with Gasteiger partial charge in [0.1, 0.15) is 18.3 Å². The van der Waals surface area contributed by atoms with Crippen LogP contribution in [0.25, 0.3) is 10.9 Å². The summed E-state index contributed by atoms with van der Waals surface area (Å²) in [4.78, 5) is 42.0. The first-order valence-corrected chi connectivity index (χ1v) is 18.0. The Morgan fingerprint density at radius 1 is 0.938 bits per heavy atom. The van der Waals surface area contributed by atoms with E-state index in [-0.39, 0.29) is 29.3 Å². The third kappa shape index (κ3) is 6.99. The minimum Gasteiger partial charge on any atom is -0.342 e. The number of amides is 2. The minimum absolute atomic E-state index is 0.0906. The van der Waals surface area contributed by atoms with E-state index in [0.29, 0.717) is 55.5 Å². The molecule has 3 atom stereocenters. The molecule has 2 unspecified atom stereocenters. The van der Waals surface area contributed by atoms with Crippen molar-refractivity contribution in [2.24, 2.45) is 23.0 Å². The summed E-state index contributed by atoms with van der Waals surface area (Å²) in [5.74, 6) is 0.136. The summed E-state index contributed by atoms with van der Waals surface area (Å²) in [5, 5.41) is 6.12. The van der Waals surface area contributed by atoms with Crippen LogP contribution in [0.2, 0.25) is 5.02 Å². The van der Waals surface area contributed by atoms with Crippen molar-refractivity contribution in [1.29, 1.82) is 0 Å². The Hall–Kier alpha value is -3.82. The van der Waals surface area contributed by atoms with Crippen molar-refractivity contribution in [2.45, 2.75) is 82.8 Å². The van der Waals surface area contributed by atoms with Gasteiger partial charge in [0.25, 0.3) is 5.91 Å². The summed E-state index contributed by atoms with van der Waals surface area (Å²) in [6.45, 7) is 2.72. The molecule has 2 saturated heterocycles. The highest BCUT2D eigenvalue weighted by molar-refractivity contribution is 6.30. The van der Waals surface area contributed by atoms with Crippen LogP contribution in [0.15, 0.2) is 73.3 Å². The second-order valence-corrected chi connectivity index (χ2v) is 14.7. The smallest absolute Gasteiger partial charge is 0.272 e.